The molecule has 0 saturated carbocycles. The van der Waals surface area contributed by atoms with Crippen molar-refractivity contribution in [3.63, 3.8) is 0 Å². The summed E-state index contributed by atoms with van der Waals surface area (Å²) in [5.74, 6) is -3.54. The van der Waals surface area contributed by atoms with Crippen LogP contribution in [0.5, 0.6) is 0 Å². The molecular weight excluding hydrogens is 1740 g/mol. The third-order valence-electron chi connectivity index (χ3n) is 22.4. The van der Waals surface area contributed by atoms with Crippen molar-refractivity contribution in [2.45, 2.75) is 333 Å². The zero-order valence-corrected chi connectivity index (χ0v) is 67.9. The molecule has 32 N–H and O–H groups in total. The van der Waals surface area contributed by atoms with Crippen molar-refractivity contribution in [3.8, 4) is 0 Å². The largest absolute Gasteiger partial charge is 0.394 e. The lowest BCUT2D eigenvalue weighted by molar-refractivity contribution is -0.383. The van der Waals surface area contributed by atoms with Crippen molar-refractivity contribution in [2.75, 3.05) is 66.1 Å². The van der Waals surface area contributed by atoms with Crippen LogP contribution in [0.4, 0.5) is 0 Å². The molecule has 10 rings (SSSR count). The topological polar surface area (TPSA) is 849 Å². The van der Waals surface area contributed by atoms with Crippen molar-refractivity contribution in [2.24, 2.45) is 0 Å². The molecule has 10 aliphatic rings. The first-order valence-corrected chi connectivity index (χ1v) is 41.6. The predicted molar refractivity (Wildman–Crippen MR) is 390 cm³/mol. The van der Waals surface area contributed by atoms with Gasteiger partial charge in [0, 0.05) is 27.7 Å². The van der Waals surface area contributed by atoms with E-state index in [2.05, 4.69) is 21.3 Å². The Kier molecular flexibility index (Phi) is 37.7. The lowest BCUT2D eigenvalue weighted by atomic mass is 9.94. The minimum atomic E-state index is -2.33. The van der Waals surface area contributed by atoms with Gasteiger partial charge in [-0.1, -0.05) is 21.6 Å². The SMILES string of the molecule is CC(=O)NC1C(OC2C(CO)OC(SSC3OC(CO)C(OC4OC(CO)C(OC5OC(COC6OC(CO)C(O)C(O)C6O)C(O)C(OC6OC(CO)C(O)C(O)C6O)C5O)C(O)C4NC(C)=O)C(O)C3NC(C)=O)C(NC(C)=O)C2O)OC(CO)C(OC2OC(COC3OC(CO)C(O)C(O)C3O)C(O)C(OC3OC(CO)C(O)C(O)C3O)C2O)C1O. The average molecular weight is 1850 g/mol. The van der Waals surface area contributed by atoms with Crippen LogP contribution in [0.1, 0.15) is 27.7 Å². The number of carbonyl (C=O) groups is 4. The van der Waals surface area contributed by atoms with Gasteiger partial charge in [-0.25, -0.2) is 0 Å². The lowest BCUT2D eigenvalue weighted by Crippen LogP contribution is -2.70. The van der Waals surface area contributed by atoms with Crippen molar-refractivity contribution in [1.82, 2.24) is 21.3 Å². The summed E-state index contributed by atoms with van der Waals surface area (Å²) in [5.41, 5.74) is -3.12. The van der Waals surface area contributed by atoms with Gasteiger partial charge >= 0.3 is 0 Å². The second kappa shape index (κ2) is 45.4. The summed E-state index contributed by atoms with van der Waals surface area (Å²) in [5, 5.41) is 317. The van der Waals surface area contributed by atoms with E-state index in [1.54, 1.807) is 0 Å². The monoisotopic (exact) mass is 1850 g/mol. The molecule has 718 valence electrons. The molecule has 50 atom stereocenters. The van der Waals surface area contributed by atoms with Crippen LogP contribution in [0.3, 0.4) is 0 Å². The first kappa shape index (κ1) is 103. The second-order valence-electron chi connectivity index (χ2n) is 31.1. The molecule has 0 aliphatic carbocycles. The van der Waals surface area contributed by atoms with Gasteiger partial charge in [0.2, 0.25) is 23.6 Å². The Morgan fingerprint density at radius 2 is 0.435 bits per heavy atom. The highest BCUT2D eigenvalue weighted by Crippen LogP contribution is 2.45. The zero-order chi connectivity index (χ0) is 91.2. The lowest BCUT2D eigenvalue weighted by Gasteiger charge is -2.51. The van der Waals surface area contributed by atoms with Crippen LogP contribution >= 0.6 is 21.6 Å². The van der Waals surface area contributed by atoms with E-state index in [1.807, 2.05) is 0 Å². The fraction of sp³-hybridized carbons (Fsp3) is 0.941. The van der Waals surface area contributed by atoms with Gasteiger partial charge in [0.25, 0.3) is 0 Å². The fourth-order valence-corrected chi connectivity index (χ4v) is 18.6. The summed E-state index contributed by atoms with van der Waals surface area (Å²) in [4.78, 5) is 52.3. The summed E-state index contributed by atoms with van der Waals surface area (Å²) in [7, 11) is 1.24. The van der Waals surface area contributed by atoms with Crippen molar-refractivity contribution < 1.29 is 247 Å². The summed E-state index contributed by atoms with van der Waals surface area (Å²) in [6.45, 7) is -6.16. The maximum Gasteiger partial charge on any atom is 0.217 e. The molecule has 10 saturated heterocycles. The van der Waals surface area contributed by atoms with Gasteiger partial charge in [-0.05, 0) is 0 Å². The third kappa shape index (κ3) is 23.0. The highest BCUT2D eigenvalue weighted by molar-refractivity contribution is 8.77. The molecule has 10 heterocycles. The van der Waals surface area contributed by atoms with Crippen molar-refractivity contribution in [3.05, 3.63) is 0 Å². The molecule has 0 spiro atoms. The number of ether oxygens (including phenoxy) is 18. The molecule has 10 fully saturated rings. The molecule has 0 aromatic rings. The highest BCUT2D eigenvalue weighted by Gasteiger charge is 2.61. The van der Waals surface area contributed by atoms with Crippen molar-refractivity contribution >= 4 is 45.2 Å². The van der Waals surface area contributed by atoms with E-state index in [-0.39, 0.29) is 0 Å². The Morgan fingerprint density at radius 1 is 0.226 bits per heavy atom. The zero-order valence-electron chi connectivity index (χ0n) is 66.3. The number of nitrogens with one attached hydrogen (secondary N) is 4. The molecule has 56 heteroatoms. The first-order valence-electron chi connectivity index (χ1n) is 39.3. The Labute approximate surface area is 710 Å². The molecule has 0 aromatic carbocycles. The highest BCUT2D eigenvalue weighted by atomic mass is 33.1. The number of amides is 4. The number of aliphatic hydroxyl groups excluding tert-OH is 28. The number of carbonyl (C=O) groups excluding carboxylic acids is 4. The summed E-state index contributed by atoms with van der Waals surface area (Å²) < 4.78 is 106. The summed E-state index contributed by atoms with van der Waals surface area (Å²) >= 11 is 0. The summed E-state index contributed by atoms with van der Waals surface area (Å²) in [6, 6.07) is -7.12. The average Bonchev–Trinajstić information content (AvgIpc) is 0.681. The molecule has 0 aromatic heterocycles. The molecule has 0 radical (unpaired) electrons. The maximum absolute atomic E-state index is 13.1. The van der Waals surface area contributed by atoms with E-state index >= 15 is 0 Å². The number of hydrogen-bond donors (Lipinski definition) is 32. The van der Waals surface area contributed by atoms with E-state index in [0.717, 1.165) is 27.7 Å². The minimum Gasteiger partial charge on any atom is -0.394 e. The van der Waals surface area contributed by atoms with Crippen LogP contribution in [0.15, 0.2) is 0 Å². The van der Waals surface area contributed by atoms with E-state index in [9.17, 15) is 162 Å². The standard InChI is InChI=1S/C68H114N4O50S2/c1-15(81)69-29-39(91)53(119-65-51(103)57(121-63-49(101)45(97)35(87)21(7-75)109-63)37(89)27(113-65)13-105-61-47(99)43(95)33(85)19(5-73)107-61)23(9-77)111-59(29)117-55-25(11-79)115-67(31(41(55)93)71-17(3)83)123-124-68-32(72-18(4)84)42(94)56(26(12-80)116-68)118-60-30(70-16(2)82)40(92)54(24(10-78)112-60)120-66-52(104)58(122-64-50(102)46(98)36(88)22(8-76)110-64)38(90)28(114-66)14-106-62-48(100)44(96)34(86)20(6-74)108-62/h19-68,73-80,85-104H,5-14H2,1-4H3,(H,69,81)(H,70,82)(H,71,83)(H,72,84). The van der Waals surface area contributed by atoms with Gasteiger partial charge < -0.3 is 250 Å². The first-order chi connectivity index (χ1) is 58.7. The Bertz CT molecular complexity index is 3130. The number of rotatable bonds is 33. The Morgan fingerprint density at radius 3 is 0.710 bits per heavy atom. The summed E-state index contributed by atoms with van der Waals surface area (Å²) in [6.07, 6.45) is -87.4. The molecule has 10 aliphatic heterocycles. The van der Waals surface area contributed by atoms with E-state index in [0.29, 0.717) is 21.6 Å². The number of aliphatic hydroxyl groups is 28. The molecule has 4 amide bonds. The third-order valence-corrected chi connectivity index (χ3v) is 25.2. The quantitative estimate of drug-likeness (QED) is 0.0271. The van der Waals surface area contributed by atoms with Gasteiger partial charge in [0.1, 0.15) is 243 Å². The van der Waals surface area contributed by atoms with Crippen LogP contribution in [-0.2, 0) is 104 Å². The predicted octanol–water partition coefficient (Wildman–Crippen LogP) is -20.9. The van der Waals surface area contributed by atoms with Gasteiger partial charge in [0.15, 0.2) is 50.3 Å². The molecule has 0 bridgehead atoms. The van der Waals surface area contributed by atoms with Gasteiger partial charge in [-0.2, -0.15) is 0 Å². The Hall–Kier alpha value is -3.26. The molecular formula is C68H114N4O50S2. The van der Waals surface area contributed by atoms with Crippen molar-refractivity contribution in [1.29, 1.82) is 0 Å². The number of hydrogen-bond acceptors (Lipinski definition) is 52. The normalized spacial score (nSPS) is 49.1. The molecule has 124 heavy (non-hydrogen) atoms. The Balaban J connectivity index is 0.838. The molecule has 50 unspecified atom stereocenters. The smallest absolute Gasteiger partial charge is 0.217 e. The van der Waals surface area contributed by atoms with Crippen LogP contribution in [-0.4, -0.2) is 538 Å². The fourth-order valence-electron chi connectivity index (χ4n) is 15.7. The van der Waals surface area contributed by atoms with Gasteiger partial charge in [-0.15, -0.1) is 0 Å². The molecule has 54 nitrogen and oxygen atoms in total. The van der Waals surface area contributed by atoms with Crippen LogP contribution in [0.2, 0.25) is 0 Å². The maximum atomic E-state index is 13.1. The second-order valence-corrected chi connectivity index (χ2v) is 33.5. The van der Waals surface area contributed by atoms with Crippen LogP contribution in [0, 0.1) is 0 Å². The van der Waals surface area contributed by atoms with Crippen LogP contribution in [0.25, 0.3) is 0 Å². The van der Waals surface area contributed by atoms with Gasteiger partial charge in [0.05, 0.1) is 78.2 Å². The van der Waals surface area contributed by atoms with E-state index < -0.39 is 395 Å². The van der Waals surface area contributed by atoms with E-state index in [4.69, 9.17) is 85.3 Å². The van der Waals surface area contributed by atoms with E-state index in [1.165, 1.54) is 0 Å². The van der Waals surface area contributed by atoms with Gasteiger partial charge in [-0.3, -0.25) is 19.2 Å². The minimum absolute atomic E-state index is 0.619. The van der Waals surface area contributed by atoms with Crippen LogP contribution < -0.4 is 21.3 Å².